The first kappa shape index (κ1) is 24.2. The minimum Gasteiger partial charge on any atom is -0.388 e. The van der Waals surface area contributed by atoms with Crippen molar-refractivity contribution in [1.29, 1.82) is 0 Å². The van der Waals surface area contributed by atoms with Gasteiger partial charge < -0.3 is 14.9 Å². The summed E-state index contributed by atoms with van der Waals surface area (Å²) in [5, 5.41) is 20.3. The Morgan fingerprint density at radius 1 is 1.22 bits per heavy atom. The van der Waals surface area contributed by atoms with Crippen molar-refractivity contribution in [1.82, 2.24) is 4.90 Å². The van der Waals surface area contributed by atoms with Gasteiger partial charge in [-0.05, 0) is 93.6 Å². The summed E-state index contributed by atoms with van der Waals surface area (Å²) in [6.45, 7) is 15.2. The van der Waals surface area contributed by atoms with E-state index in [4.69, 9.17) is 4.74 Å². The molecule has 1 aliphatic heterocycles. The third-order valence-corrected chi connectivity index (χ3v) is 9.40. The van der Waals surface area contributed by atoms with Crippen molar-refractivity contribution < 1.29 is 14.9 Å². The summed E-state index contributed by atoms with van der Waals surface area (Å²) in [5.74, 6) is 2.26. The molecule has 7 atom stereocenters. The second kappa shape index (κ2) is 10.1. The predicted octanol–water partition coefficient (Wildman–Crippen LogP) is 4.87. The Morgan fingerprint density at radius 2 is 1.97 bits per heavy atom. The summed E-state index contributed by atoms with van der Waals surface area (Å²) in [6.07, 6.45) is 12.4. The van der Waals surface area contributed by atoms with Gasteiger partial charge in [0.25, 0.3) is 0 Å². The first-order chi connectivity index (χ1) is 15.3. The lowest BCUT2D eigenvalue weighted by atomic mass is 9.61. The van der Waals surface area contributed by atoms with E-state index in [0.29, 0.717) is 35.8 Å². The Morgan fingerprint density at radius 3 is 2.69 bits per heavy atom. The van der Waals surface area contributed by atoms with E-state index in [9.17, 15) is 10.2 Å². The lowest BCUT2D eigenvalue weighted by Crippen LogP contribution is -2.45. The number of rotatable bonds is 5. The molecule has 4 rings (SSSR count). The number of nitrogens with zero attached hydrogens (tertiary/aromatic N) is 1. The molecule has 2 N–H and O–H groups in total. The zero-order valence-electron chi connectivity index (χ0n) is 20.6. The van der Waals surface area contributed by atoms with Crippen molar-refractivity contribution in [3.05, 3.63) is 35.5 Å². The van der Waals surface area contributed by atoms with Crippen molar-refractivity contribution in [3.63, 3.8) is 0 Å². The van der Waals surface area contributed by atoms with E-state index >= 15 is 0 Å². The van der Waals surface area contributed by atoms with Crippen LogP contribution in [-0.4, -0.2) is 59.7 Å². The number of fused-ring (bicyclic) bond motifs is 1. The smallest absolute Gasteiger partial charge is 0.0809 e. The molecule has 1 heterocycles. The van der Waals surface area contributed by atoms with Crippen LogP contribution in [0.25, 0.3) is 0 Å². The number of aliphatic hydroxyl groups excluding tert-OH is 2. The first-order valence-electron chi connectivity index (χ1n) is 13.0. The first-order valence-corrected chi connectivity index (χ1v) is 13.0. The summed E-state index contributed by atoms with van der Waals surface area (Å²) in [4.78, 5) is 2.62. The van der Waals surface area contributed by atoms with Gasteiger partial charge in [0.2, 0.25) is 0 Å². The van der Waals surface area contributed by atoms with Crippen molar-refractivity contribution in [2.45, 2.75) is 90.4 Å². The topological polar surface area (TPSA) is 52.9 Å². The fraction of sp³-hybridized carbons (Fsp3) is 0.786. The molecule has 4 nitrogen and oxygen atoms in total. The van der Waals surface area contributed by atoms with Gasteiger partial charge in [-0.1, -0.05) is 43.7 Å². The third kappa shape index (κ3) is 4.94. The monoisotopic (exact) mass is 443 g/mol. The maximum Gasteiger partial charge on any atom is 0.0809 e. The molecule has 1 saturated heterocycles. The van der Waals surface area contributed by atoms with Crippen molar-refractivity contribution in [2.24, 2.45) is 23.2 Å². The average molecular weight is 444 g/mol. The summed E-state index contributed by atoms with van der Waals surface area (Å²) in [7, 11) is 0. The minimum atomic E-state index is -0.606. The highest BCUT2D eigenvalue weighted by Gasteiger charge is 2.50. The quantitative estimate of drug-likeness (QED) is 0.595. The molecule has 0 spiro atoms. The molecular formula is C28H45NO3. The Kier molecular flexibility index (Phi) is 7.66. The second-order valence-corrected chi connectivity index (χ2v) is 11.4. The highest BCUT2D eigenvalue weighted by molar-refractivity contribution is 5.29. The van der Waals surface area contributed by atoms with Crippen LogP contribution >= 0.6 is 0 Å². The third-order valence-electron chi connectivity index (χ3n) is 9.40. The summed E-state index contributed by atoms with van der Waals surface area (Å²) in [6, 6.07) is 0.550. The molecule has 4 heteroatoms. The molecule has 4 aliphatic rings. The summed E-state index contributed by atoms with van der Waals surface area (Å²) < 4.78 is 5.62. The highest BCUT2D eigenvalue weighted by Crippen LogP contribution is 2.59. The highest BCUT2D eigenvalue weighted by atomic mass is 16.5. The van der Waals surface area contributed by atoms with Crippen LogP contribution in [0.15, 0.2) is 35.5 Å². The van der Waals surface area contributed by atoms with Gasteiger partial charge in [0, 0.05) is 12.6 Å². The van der Waals surface area contributed by atoms with Crippen molar-refractivity contribution in [2.75, 3.05) is 26.3 Å². The average Bonchev–Trinajstić information content (AvgIpc) is 3.12. The normalized spacial score (nSPS) is 41.0. The maximum atomic E-state index is 10.2. The zero-order valence-corrected chi connectivity index (χ0v) is 20.6. The Balaban J connectivity index is 1.40. The van der Waals surface area contributed by atoms with Crippen LogP contribution in [0.5, 0.6) is 0 Å². The van der Waals surface area contributed by atoms with E-state index in [1.807, 2.05) is 0 Å². The summed E-state index contributed by atoms with van der Waals surface area (Å²) >= 11 is 0. The van der Waals surface area contributed by atoms with Gasteiger partial charge in [-0.15, -0.1) is 0 Å². The molecule has 180 valence electrons. The maximum absolute atomic E-state index is 10.2. The van der Waals surface area contributed by atoms with Gasteiger partial charge in [-0.25, -0.2) is 0 Å². The standard InChI is InChI=1S/C28H45NO3/c1-19(11-13-29-14-15-32-18-20(29)2)24-9-10-25-23(6-5-12-28(24,25)4)8-7-22-16-26(30)21(3)27(31)17-22/h7-8,19-20,24-27,30-31H,3,5-6,9-18H2,1-2,4H3/b23-8+/t19?,20-,24-,25+,26-,27-,28-/m1/s1. The lowest BCUT2D eigenvalue weighted by Gasteiger charge is -2.45. The largest absolute Gasteiger partial charge is 0.388 e. The second-order valence-electron chi connectivity index (χ2n) is 11.4. The van der Waals surface area contributed by atoms with E-state index in [0.717, 1.165) is 37.2 Å². The fourth-order valence-electron chi connectivity index (χ4n) is 7.30. The van der Waals surface area contributed by atoms with E-state index in [1.54, 1.807) is 5.57 Å². The SMILES string of the molecule is C=C1[C@H](O)CC(=C/C=C2\CCC[C@]3(C)[C@@H](C(C)CCN4CCOC[C@H]4C)CC[C@@H]23)C[C@H]1O. The van der Waals surface area contributed by atoms with Crippen LogP contribution in [0.3, 0.4) is 0 Å². The molecule has 3 aliphatic carbocycles. The van der Waals surface area contributed by atoms with Crippen molar-refractivity contribution in [3.8, 4) is 0 Å². The molecule has 0 bridgehead atoms. The van der Waals surface area contributed by atoms with Gasteiger partial charge in [0.15, 0.2) is 0 Å². The molecule has 4 fully saturated rings. The van der Waals surface area contributed by atoms with Crippen LogP contribution in [0, 0.1) is 23.2 Å². The molecule has 3 saturated carbocycles. The minimum absolute atomic E-state index is 0.415. The van der Waals surface area contributed by atoms with Crippen molar-refractivity contribution >= 4 is 0 Å². The van der Waals surface area contributed by atoms with Gasteiger partial charge in [-0.2, -0.15) is 0 Å². The number of hydrogen-bond acceptors (Lipinski definition) is 4. The van der Waals surface area contributed by atoms with Gasteiger partial charge in [0.1, 0.15) is 0 Å². The number of allylic oxidation sites excluding steroid dienone is 3. The Hall–Kier alpha value is -0.940. The van der Waals surface area contributed by atoms with Gasteiger partial charge in [-0.3, -0.25) is 4.90 Å². The van der Waals surface area contributed by atoms with E-state index < -0.39 is 12.2 Å². The van der Waals surface area contributed by atoms with E-state index in [-0.39, 0.29) is 0 Å². The number of aliphatic hydroxyl groups is 2. The molecule has 0 aromatic heterocycles. The molecule has 0 aromatic rings. The van der Waals surface area contributed by atoms with Crippen LogP contribution in [-0.2, 0) is 4.74 Å². The van der Waals surface area contributed by atoms with Gasteiger partial charge in [0.05, 0.1) is 25.4 Å². The summed E-state index contributed by atoms with van der Waals surface area (Å²) in [5.41, 5.74) is 3.74. The molecule has 32 heavy (non-hydrogen) atoms. The van der Waals surface area contributed by atoms with Crippen LogP contribution in [0.4, 0.5) is 0 Å². The van der Waals surface area contributed by atoms with E-state index in [1.165, 1.54) is 45.1 Å². The van der Waals surface area contributed by atoms with Gasteiger partial charge >= 0.3 is 0 Å². The lowest BCUT2D eigenvalue weighted by molar-refractivity contribution is -0.00570. The number of ether oxygens (including phenoxy) is 1. The predicted molar refractivity (Wildman–Crippen MR) is 130 cm³/mol. The number of morpholine rings is 1. The zero-order chi connectivity index (χ0) is 22.9. The van der Waals surface area contributed by atoms with Crippen LogP contribution < -0.4 is 0 Å². The van der Waals surface area contributed by atoms with Crippen LogP contribution in [0.2, 0.25) is 0 Å². The van der Waals surface area contributed by atoms with E-state index in [2.05, 4.69) is 44.4 Å². The Bertz CT molecular complexity index is 727. The molecule has 0 radical (unpaired) electrons. The van der Waals surface area contributed by atoms with Crippen LogP contribution in [0.1, 0.15) is 72.1 Å². The molecule has 0 aromatic carbocycles. The molecule has 1 unspecified atom stereocenters. The fourth-order valence-corrected chi connectivity index (χ4v) is 7.30. The molecule has 0 amide bonds. The number of hydrogen-bond donors (Lipinski definition) is 2. The molecular weight excluding hydrogens is 398 g/mol. The Labute approximate surface area is 195 Å².